The van der Waals surface area contributed by atoms with Crippen molar-refractivity contribution in [1.29, 1.82) is 0 Å². The summed E-state index contributed by atoms with van der Waals surface area (Å²) in [4.78, 5) is 0. The van der Waals surface area contributed by atoms with Crippen molar-refractivity contribution < 1.29 is 8.85 Å². The standard InChI is InChI=1S/C12H20O2Si/c1-5-10-8-7-9-12(11(10)6-2)15(13-3)14-4/h7-9,15H,5-6H2,1-4H3. The second kappa shape index (κ2) is 6.05. The van der Waals surface area contributed by atoms with Crippen molar-refractivity contribution in [3.05, 3.63) is 29.3 Å². The number of benzene rings is 1. The molecule has 0 bridgehead atoms. The Hall–Kier alpha value is -0.643. The van der Waals surface area contributed by atoms with E-state index in [1.165, 1.54) is 16.3 Å². The van der Waals surface area contributed by atoms with Crippen LogP contribution in [0.2, 0.25) is 0 Å². The van der Waals surface area contributed by atoms with Gasteiger partial charge in [0.1, 0.15) is 0 Å². The maximum absolute atomic E-state index is 5.44. The molecule has 1 aromatic carbocycles. The highest BCUT2D eigenvalue weighted by Crippen LogP contribution is 2.09. The van der Waals surface area contributed by atoms with E-state index in [9.17, 15) is 0 Å². The molecule has 0 heterocycles. The molecule has 3 heteroatoms. The van der Waals surface area contributed by atoms with Crippen molar-refractivity contribution >= 4 is 14.5 Å². The number of hydrogen-bond donors (Lipinski definition) is 0. The zero-order valence-corrected chi connectivity index (χ0v) is 11.2. The van der Waals surface area contributed by atoms with Crippen LogP contribution >= 0.6 is 0 Å². The summed E-state index contributed by atoms with van der Waals surface area (Å²) in [5, 5.41) is 1.29. The van der Waals surface area contributed by atoms with Crippen LogP contribution in [0.4, 0.5) is 0 Å². The van der Waals surface area contributed by atoms with Crippen molar-refractivity contribution in [3.8, 4) is 0 Å². The van der Waals surface area contributed by atoms with Gasteiger partial charge in [-0.05, 0) is 29.2 Å². The van der Waals surface area contributed by atoms with E-state index < -0.39 is 9.28 Å². The minimum Gasteiger partial charge on any atom is -0.397 e. The molecule has 0 aliphatic heterocycles. The first-order valence-corrected chi connectivity index (χ1v) is 6.96. The third-order valence-corrected chi connectivity index (χ3v) is 4.63. The Bertz CT molecular complexity index is 308. The van der Waals surface area contributed by atoms with E-state index in [1.54, 1.807) is 14.2 Å². The summed E-state index contributed by atoms with van der Waals surface area (Å²) in [6.45, 7) is 4.38. The molecule has 0 aromatic heterocycles. The van der Waals surface area contributed by atoms with Gasteiger partial charge in [-0.1, -0.05) is 32.0 Å². The normalized spacial score (nSPS) is 11.0. The van der Waals surface area contributed by atoms with Crippen LogP contribution in [-0.2, 0) is 21.7 Å². The Morgan fingerprint density at radius 1 is 1.07 bits per heavy atom. The summed E-state index contributed by atoms with van der Waals surface area (Å²) < 4.78 is 10.9. The van der Waals surface area contributed by atoms with Crippen LogP contribution in [0.25, 0.3) is 0 Å². The van der Waals surface area contributed by atoms with Gasteiger partial charge in [-0.25, -0.2) is 0 Å². The number of aryl methyl sites for hydroxylation is 1. The molecule has 84 valence electrons. The van der Waals surface area contributed by atoms with Crippen molar-refractivity contribution in [2.24, 2.45) is 0 Å². The SMILES string of the molecule is CCc1cccc([SiH](OC)OC)c1CC. The molecular weight excluding hydrogens is 204 g/mol. The Balaban J connectivity index is 3.15. The van der Waals surface area contributed by atoms with Gasteiger partial charge in [-0.15, -0.1) is 0 Å². The van der Waals surface area contributed by atoms with E-state index >= 15 is 0 Å². The van der Waals surface area contributed by atoms with Crippen LogP contribution in [0.3, 0.4) is 0 Å². The van der Waals surface area contributed by atoms with Crippen molar-refractivity contribution in [2.75, 3.05) is 14.2 Å². The van der Waals surface area contributed by atoms with Gasteiger partial charge in [0.25, 0.3) is 0 Å². The lowest BCUT2D eigenvalue weighted by molar-refractivity contribution is 0.291. The summed E-state index contributed by atoms with van der Waals surface area (Å²) >= 11 is 0. The smallest absolute Gasteiger partial charge is 0.355 e. The van der Waals surface area contributed by atoms with Crippen LogP contribution in [0.15, 0.2) is 18.2 Å². The van der Waals surface area contributed by atoms with Gasteiger partial charge in [0, 0.05) is 14.2 Å². The molecular formula is C12H20O2Si. The van der Waals surface area contributed by atoms with Crippen LogP contribution in [0, 0.1) is 0 Å². The second-order valence-corrected chi connectivity index (χ2v) is 5.72. The summed E-state index contributed by atoms with van der Waals surface area (Å²) in [7, 11) is 1.82. The van der Waals surface area contributed by atoms with E-state index in [-0.39, 0.29) is 0 Å². The average Bonchev–Trinajstić information content (AvgIpc) is 2.30. The Labute approximate surface area is 94.1 Å². The minimum atomic E-state index is -1.65. The summed E-state index contributed by atoms with van der Waals surface area (Å²) in [5.74, 6) is 0. The molecule has 0 amide bonds. The van der Waals surface area contributed by atoms with Crippen molar-refractivity contribution in [2.45, 2.75) is 26.7 Å². The predicted molar refractivity (Wildman–Crippen MR) is 66.0 cm³/mol. The quantitative estimate of drug-likeness (QED) is 0.706. The molecule has 0 N–H and O–H groups in total. The molecule has 2 nitrogen and oxygen atoms in total. The molecule has 0 aliphatic rings. The third-order valence-electron chi connectivity index (χ3n) is 2.73. The van der Waals surface area contributed by atoms with Crippen molar-refractivity contribution in [3.63, 3.8) is 0 Å². The number of rotatable bonds is 5. The molecule has 0 radical (unpaired) electrons. The highest BCUT2D eigenvalue weighted by molar-refractivity contribution is 6.61. The molecule has 0 saturated heterocycles. The minimum absolute atomic E-state index is 1.05. The lowest BCUT2D eigenvalue weighted by Gasteiger charge is -2.17. The van der Waals surface area contributed by atoms with Crippen LogP contribution in [0.5, 0.6) is 0 Å². The van der Waals surface area contributed by atoms with Crippen LogP contribution in [0.1, 0.15) is 25.0 Å². The Kier molecular flexibility index (Phi) is 5.01. The van der Waals surface area contributed by atoms with E-state index in [2.05, 4.69) is 32.0 Å². The lowest BCUT2D eigenvalue weighted by Crippen LogP contribution is -2.37. The molecule has 0 atom stereocenters. The molecule has 0 aliphatic carbocycles. The molecule has 0 spiro atoms. The fraction of sp³-hybridized carbons (Fsp3) is 0.500. The summed E-state index contributed by atoms with van der Waals surface area (Å²) in [5.41, 5.74) is 2.84. The fourth-order valence-electron chi connectivity index (χ4n) is 1.99. The van der Waals surface area contributed by atoms with Gasteiger partial charge in [0.2, 0.25) is 0 Å². The first-order valence-electron chi connectivity index (χ1n) is 5.44. The first-order chi connectivity index (χ1) is 7.28. The molecule has 15 heavy (non-hydrogen) atoms. The maximum Gasteiger partial charge on any atom is 0.355 e. The molecule has 1 aromatic rings. The van der Waals surface area contributed by atoms with Gasteiger partial charge in [0.15, 0.2) is 0 Å². The Morgan fingerprint density at radius 2 is 1.73 bits per heavy atom. The topological polar surface area (TPSA) is 18.5 Å². The number of hydrogen-bond acceptors (Lipinski definition) is 2. The van der Waals surface area contributed by atoms with E-state index in [4.69, 9.17) is 8.85 Å². The molecule has 1 rings (SSSR count). The van der Waals surface area contributed by atoms with Crippen LogP contribution in [-0.4, -0.2) is 23.5 Å². The van der Waals surface area contributed by atoms with Crippen molar-refractivity contribution in [1.82, 2.24) is 0 Å². The summed E-state index contributed by atoms with van der Waals surface area (Å²) in [6, 6.07) is 6.44. The van der Waals surface area contributed by atoms with Gasteiger partial charge < -0.3 is 8.85 Å². The lowest BCUT2D eigenvalue weighted by atomic mass is 10.0. The fourth-order valence-corrected chi connectivity index (χ4v) is 3.63. The second-order valence-electron chi connectivity index (χ2n) is 3.50. The van der Waals surface area contributed by atoms with E-state index in [0.29, 0.717) is 0 Å². The maximum atomic E-state index is 5.44. The van der Waals surface area contributed by atoms with E-state index in [0.717, 1.165) is 12.8 Å². The predicted octanol–water partition coefficient (Wildman–Crippen LogP) is 1.53. The molecule has 0 saturated carbocycles. The largest absolute Gasteiger partial charge is 0.397 e. The zero-order valence-electron chi connectivity index (χ0n) is 10.0. The van der Waals surface area contributed by atoms with Gasteiger partial charge >= 0.3 is 9.28 Å². The summed E-state index contributed by atoms with van der Waals surface area (Å²) in [6.07, 6.45) is 2.13. The van der Waals surface area contributed by atoms with Gasteiger partial charge in [0.05, 0.1) is 0 Å². The highest BCUT2D eigenvalue weighted by atomic mass is 28.3. The highest BCUT2D eigenvalue weighted by Gasteiger charge is 2.17. The zero-order chi connectivity index (χ0) is 11.3. The first kappa shape index (κ1) is 12.4. The molecule has 0 unspecified atom stereocenters. The van der Waals surface area contributed by atoms with Gasteiger partial charge in [-0.3, -0.25) is 0 Å². The average molecular weight is 224 g/mol. The van der Waals surface area contributed by atoms with Gasteiger partial charge in [-0.2, -0.15) is 0 Å². The van der Waals surface area contributed by atoms with E-state index in [1.807, 2.05) is 0 Å². The molecule has 0 fully saturated rings. The Morgan fingerprint density at radius 3 is 2.20 bits per heavy atom. The third kappa shape index (κ3) is 2.68. The monoisotopic (exact) mass is 224 g/mol. The van der Waals surface area contributed by atoms with Crippen LogP contribution < -0.4 is 5.19 Å².